The van der Waals surface area contributed by atoms with E-state index in [1.807, 2.05) is 91.0 Å². The molecule has 2 aliphatic heterocycles. The van der Waals surface area contributed by atoms with Crippen molar-refractivity contribution < 1.29 is 38.4 Å². The summed E-state index contributed by atoms with van der Waals surface area (Å²) < 4.78 is 26.1. The van der Waals surface area contributed by atoms with Crippen molar-refractivity contribution >= 4 is 17.8 Å². The van der Waals surface area contributed by atoms with Crippen LogP contribution in [0.15, 0.2) is 91.0 Å². The Morgan fingerprint density at radius 2 is 1.41 bits per heavy atom. The lowest BCUT2D eigenvalue weighted by molar-refractivity contribution is -0.140. The fourth-order valence-electron chi connectivity index (χ4n) is 5.93. The summed E-state index contributed by atoms with van der Waals surface area (Å²) in [5, 5.41) is 11.5. The molecule has 3 aromatic carbocycles. The Bertz CT molecular complexity index is 1390. The summed E-state index contributed by atoms with van der Waals surface area (Å²) >= 11 is 0. The molecule has 0 radical (unpaired) electrons. The molecule has 2 saturated heterocycles. The quantitative estimate of drug-likeness (QED) is 0.306. The zero-order valence-electron chi connectivity index (χ0n) is 24.7. The third-order valence-corrected chi connectivity index (χ3v) is 7.99. The van der Waals surface area contributed by atoms with E-state index < -0.39 is 48.4 Å². The summed E-state index contributed by atoms with van der Waals surface area (Å²) in [5.74, 6) is -2.06. The van der Waals surface area contributed by atoms with E-state index in [0.717, 1.165) is 16.7 Å². The molecule has 10 heteroatoms. The number of carboxylic acids is 1. The van der Waals surface area contributed by atoms with Crippen LogP contribution in [0.3, 0.4) is 0 Å². The predicted octanol–water partition coefficient (Wildman–Crippen LogP) is 3.33. The molecule has 5 atom stereocenters. The second kappa shape index (κ2) is 14.6. The van der Waals surface area contributed by atoms with E-state index in [1.165, 1.54) is 11.8 Å². The molecule has 0 aromatic heterocycles. The van der Waals surface area contributed by atoms with Crippen molar-refractivity contribution in [1.29, 1.82) is 0 Å². The number of carboxylic acid groups (broad SMARTS) is 1. The van der Waals surface area contributed by atoms with Crippen LogP contribution in [0.4, 0.5) is 0 Å². The monoisotopic (exact) mass is 602 g/mol. The van der Waals surface area contributed by atoms with Gasteiger partial charge in [-0.2, -0.15) is 0 Å². The molecule has 3 aromatic rings. The van der Waals surface area contributed by atoms with Crippen LogP contribution in [0.2, 0.25) is 0 Å². The highest BCUT2D eigenvalue weighted by Crippen LogP contribution is 2.45. The smallest absolute Gasteiger partial charge is 0.322 e. The number of nitrogens with zero attached hydrogens (tertiary/aromatic N) is 1. The second-order valence-electron chi connectivity index (χ2n) is 11.2. The lowest BCUT2D eigenvalue weighted by Crippen LogP contribution is -2.48. The van der Waals surface area contributed by atoms with Crippen molar-refractivity contribution in [3.05, 3.63) is 108 Å². The average Bonchev–Trinajstić information content (AvgIpc) is 3.56. The number of hydrogen-bond acceptors (Lipinski definition) is 7. The van der Waals surface area contributed by atoms with Gasteiger partial charge in [0.25, 0.3) is 0 Å². The van der Waals surface area contributed by atoms with E-state index in [4.69, 9.17) is 24.1 Å². The third kappa shape index (κ3) is 7.70. The van der Waals surface area contributed by atoms with Crippen LogP contribution >= 0.6 is 0 Å². The first-order chi connectivity index (χ1) is 21.3. The Balaban J connectivity index is 1.44. The Kier molecular flexibility index (Phi) is 10.4. The van der Waals surface area contributed by atoms with Gasteiger partial charge in [0.1, 0.15) is 36.5 Å². The molecule has 10 nitrogen and oxygen atoms in total. The van der Waals surface area contributed by atoms with Gasteiger partial charge in [-0.1, -0.05) is 91.0 Å². The minimum absolute atomic E-state index is 0.0767. The Labute approximate surface area is 256 Å². The van der Waals surface area contributed by atoms with E-state index in [2.05, 4.69) is 5.32 Å². The number of ether oxygens (including phenoxy) is 4. The molecule has 0 bridgehead atoms. The maximum atomic E-state index is 13.2. The minimum Gasteiger partial charge on any atom is -0.480 e. The molecule has 232 valence electrons. The van der Waals surface area contributed by atoms with Crippen LogP contribution in [-0.2, 0) is 53.2 Å². The van der Waals surface area contributed by atoms with Gasteiger partial charge in [0.05, 0.1) is 33.0 Å². The van der Waals surface area contributed by atoms with Gasteiger partial charge in [-0.15, -0.1) is 0 Å². The van der Waals surface area contributed by atoms with Crippen molar-refractivity contribution in [2.24, 2.45) is 0 Å². The van der Waals surface area contributed by atoms with E-state index in [0.29, 0.717) is 13.2 Å². The number of carbonyl (C=O) groups excluding carboxylic acids is 2. The van der Waals surface area contributed by atoms with Gasteiger partial charge >= 0.3 is 5.97 Å². The predicted molar refractivity (Wildman–Crippen MR) is 160 cm³/mol. The first-order valence-corrected chi connectivity index (χ1v) is 14.7. The van der Waals surface area contributed by atoms with Crippen LogP contribution < -0.4 is 5.32 Å². The van der Waals surface area contributed by atoms with Gasteiger partial charge in [0.15, 0.2) is 0 Å². The van der Waals surface area contributed by atoms with Gasteiger partial charge in [-0.3, -0.25) is 14.4 Å². The largest absolute Gasteiger partial charge is 0.480 e. The molecule has 2 N–H and O–H groups in total. The van der Waals surface area contributed by atoms with Crippen molar-refractivity contribution in [1.82, 2.24) is 10.2 Å². The van der Waals surface area contributed by atoms with Gasteiger partial charge in [-0.25, -0.2) is 0 Å². The minimum atomic E-state index is -1.17. The summed E-state index contributed by atoms with van der Waals surface area (Å²) in [6, 6.07) is 28.3. The lowest BCUT2D eigenvalue weighted by atomic mass is 9.91. The molecule has 5 rings (SSSR count). The highest BCUT2D eigenvalue weighted by molar-refractivity contribution is 5.89. The molecular weight excluding hydrogens is 564 g/mol. The average molecular weight is 603 g/mol. The van der Waals surface area contributed by atoms with Gasteiger partial charge in [-0.05, 0) is 16.7 Å². The van der Waals surface area contributed by atoms with Crippen LogP contribution in [0, 0.1) is 0 Å². The maximum Gasteiger partial charge on any atom is 0.322 e. The van der Waals surface area contributed by atoms with Crippen LogP contribution in [0.5, 0.6) is 0 Å². The molecule has 0 aliphatic carbocycles. The number of benzene rings is 3. The molecular formula is C34H38N2O8. The number of likely N-dealkylation sites (tertiary alicyclic amines) is 1. The van der Waals surface area contributed by atoms with Crippen molar-refractivity contribution in [3.63, 3.8) is 0 Å². The van der Waals surface area contributed by atoms with Crippen molar-refractivity contribution in [2.75, 3.05) is 19.7 Å². The normalized spacial score (nSPS) is 24.4. The topological polar surface area (TPSA) is 124 Å². The molecule has 0 saturated carbocycles. The number of carbonyl (C=O) groups is 3. The maximum absolute atomic E-state index is 13.2. The van der Waals surface area contributed by atoms with Crippen LogP contribution in [0.1, 0.15) is 30.0 Å². The fraction of sp³-hybridized carbons (Fsp3) is 0.382. The Hall–Kier alpha value is -4.09. The number of amides is 2. The molecule has 0 unspecified atom stereocenters. The van der Waals surface area contributed by atoms with Crippen molar-refractivity contribution in [3.8, 4) is 0 Å². The highest BCUT2D eigenvalue weighted by atomic mass is 16.6. The van der Waals surface area contributed by atoms with Gasteiger partial charge < -0.3 is 34.3 Å². The standard InChI is InChI=1S/C34H38N2O8/c1-24(37)36-23-34(17-28(36)33(40)35-18-30(38)39)32(43-21-27-15-9-4-10-16-27)31(42-20-26-13-7-3-8-14-26)29(44-34)22-41-19-25-11-5-2-6-12-25/h2-16,28-29,31-32H,17-23H2,1H3,(H,35,40)(H,38,39)/t28-,29-,31-,32+,34+/m1/s1. The SMILES string of the molecule is CC(=O)N1C[C@]2(C[C@@H]1C(=O)NCC(=O)O)O[C@H](COCc1ccccc1)[C@@H](OCc1ccccc1)[C@@H]2OCc1ccccc1. The van der Waals surface area contributed by atoms with Crippen LogP contribution in [-0.4, -0.2) is 77.4 Å². The third-order valence-electron chi connectivity index (χ3n) is 7.99. The molecule has 2 amide bonds. The Morgan fingerprint density at radius 3 is 1.95 bits per heavy atom. The highest BCUT2D eigenvalue weighted by Gasteiger charge is 2.63. The number of nitrogens with one attached hydrogen (secondary N) is 1. The summed E-state index contributed by atoms with van der Waals surface area (Å²) in [6.07, 6.45) is -1.73. The van der Waals surface area contributed by atoms with E-state index >= 15 is 0 Å². The zero-order valence-corrected chi connectivity index (χ0v) is 24.7. The van der Waals surface area contributed by atoms with E-state index in [1.54, 1.807) is 0 Å². The van der Waals surface area contributed by atoms with Gasteiger partial charge in [0.2, 0.25) is 11.8 Å². The molecule has 2 heterocycles. The van der Waals surface area contributed by atoms with Crippen LogP contribution in [0.25, 0.3) is 0 Å². The number of rotatable bonds is 13. The Morgan fingerprint density at radius 1 is 0.864 bits per heavy atom. The summed E-state index contributed by atoms with van der Waals surface area (Å²) in [7, 11) is 0. The summed E-state index contributed by atoms with van der Waals surface area (Å²) in [6.45, 7) is 2.02. The second-order valence-corrected chi connectivity index (χ2v) is 11.2. The summed E-state index contributed by atoms with van der Waals surface area (Å²) in [4.78, 5) is 38.6. The molecule has 44 heavy (non-hydrogen) atoms. The van der Waals surface area contributed by atoms with E-state index in [-0.39, 0.29) is 32.1 Å². The lowest BCUT2D eigenvalue weighted by Gasteiger charge is -2.31. The van der Waals surface area contributed by atoms with Gasteiger partial charge in [0, 0.05) is 13.3 Å². The summed E-state index contributed by atoms with van der Waals surface area (Å²) in [5.41, 5.74) is 1.83. The molecule has 1 spiro atoms. The van der Waals surface area contributed by atoms with E-state index in [9.17, 15) is 14.4 Å². The molecule has 2 aliphatic rings. The fourth-order valence-corrected chi connectivity index (χ4v) is 5.93. The number of aliphatic carboxylic acids is 1. The first-order valence-electron chi connectivity index (χ1n) is 14.7. The number of hydrogen-bond donors (Lipinski definition) is 2. The molecule has 2 fully saturated rings. The zero-order chi connectivity index (χ0) is 30.9. The first kappa shape index (κ1) is 31.3. The van der Waals surface area contributed by atoms with Crippen molar-refractivity contribution in [2.45, 2.75) is 63.1 Å².